The topological polar surface area (TPSA) is 80.5 Å². The molecule has 6 nitrogen and oxygen atoms in total. The number of aromatic nitrogens is 5. The van der Waals surface area contributed by atoms with E-state index in [1.54, 1.807) is 18.0 Å². The number of fused-ring (bicyclic) bond motifs is 1. The summed E-state index contributed by atoms with van der Waals surface area (Å²) in [7, 11) is 0. The summed E-state index contributed by atoms with van der Waals surface area (Å²) in [5.74, 6) is 2.39. The highest BCUT2D eigenvalue weighted by molar-refractivity contribution is 7.98. The number of hydrogen-bond acceptors (Lipinski definition) is 6. The molecule has 0 bridgehead atoms. The van der Waals surface area contributed by atoms with Gasteiger partial charge in [0.05, 0.1) is 11.9 Å². The highest BCUT2D eigenvalue weighted by Crippen LogP contribution is 2.42. The van der Waals surface area contributed by atoms with Crippen LogP contribution in [0.5, 0.6) is 0 Å². The van der Waals surface area contributed by atoms with Gasteiger partial charge >= 0.3 is 0 Å². The molecule has 0 spiro atoms. The first-order valence-electron chi connectivity index (χ1n) is 6.11. The summed E-state index contributed by atoms with van der Waals surface area (Å²) < 4.78 is 5.46. The van der Waals surface area contributed by atoms with E-state index in [0.717, 1.165) is 27.9 Å². The van der Waals surface area contributed by atoms with E-state index in [1.165, 1.54) is 25.6 Å². The highest BCUT2D eigenvalue weighted by atomic mass is 32.2. The highest BCUT2D eigenvalue weighted by Gasteiger charge is 2.29. The van der Waals surface area contributed by atoms with Crippen molar-refractivity contribution in [3.63, 3.8) is 0 Å². The van der Waals surface area contributed by atoms with Crippen LogP contribution in [0.15, 0.2) is 28.5 Å². The van der Waals surface area contributed by atoms with Crippen molar-refractivity contribution in [2.75, 3.05) is 0 Å². The fourth-order valence-corrected chi connectivity index (χ4v) is 2.83. The van der Waals surface area contributed by atoms with E-state index in [4.69, 9.17) is 4.42 Å². The molecule has 1 N–H and O–H groups in total. The average molecular weight is 273 g/mol. The quantitative estimate of drug-likeness (QED) is 0.736. The molecule has 7 heteroatoms. The van der Waals surface area contributed by atoms with Gasteiger partial charge < -0.3 is 9.40 Å². The van der Waals surface area contributed by atoms with Crippen LogP contribution < -0.4 is 0 Å². The van der Waals surface area contributed by atoms with Gasteiger partial charge in [-0.3, -0.25) is 0 Å². The fourth-order valence-electron chi connectivity index (χ4n) is 2.01. The molecule has 0 amide bonds. The molecule has 3 aromatic rings. The molecule has 1 fully saturated rings. The van der Waals surface area contributed by atoms with Gasteiger partial charge in [0.15, 0.2) is 17.2 Å². The van der Waals surface area contributed by atoms with Crippen LogP contribution in [0.4, 0.5) is 0 Å². The number of oxazole rings is 1. The molecule has 1 aliphatic rings. The normalized spacial score (nSPS) is 15.2. The van der Waals surface area contributed by atoms with Gasteiger partial charge in [0.25, 0.3) is 0 Å². The summed E-state index contributed by atoms with van der Waals surface area (Å²) in [5.41, 5.74) is 2.58. The second-order valence-electron chi connectivity index (χ2n) is 4.53. The second kappa shape index (κ2) is 4.34. The van der Waals surface area contributed by atoms with Crippen molar-refractivity contribution in [2.45, 2.75) is 29.7 Å². The van der Waals surface area contributed by atoms with E-state index < -0.39 is 0 Å². The van der Waals surface area contributed by atoms with E-state index in [2.05, 4.69) is 24.9 Å². The van der Waals surface area contributed by atoms with Crippen molar-refractivity contribution in [3.8, 4) is 0 Å². The predicted octanol–water partition coefficient (Wildman–Crippen LogP) is 2.51. The van der Waals surface area contributed by atoms with Crippen LogP contribution in [0.1, 0.15) is 30.2 Å². The minimum Gasteiger partial charge on any atom is -0.448 e. The molecule has 1 aliphatic carbocycles. The molecule has 4 rings (SSSR count). The van der Waals surface area contributed by atoms with E-state index in [9.17, 15) is 0 Å². The van der Waals surface area contributed by atoms with Gasteiger partial charge in [-0.25, -0.2) is 19.9 Å². The van der Waals surface area contributed by atoms with E-state index in [1.807, 2.05) is 0 Å². The predicted molar refractivity (Wildman–Crippen MR) is 69.7 cm³/mol. The average Bonchev–Trinajstić information content (AvgIpc) is 3.03. The zero-order chi connectivity index (χ0) is 12.7. The van der Waals surface area contributed by atoms with E-state index in [0.29, 0.717) is 11.6 Å². The second-order valence-corrected chi connectivity index (χ2v) is 5.49. The van der Waals surface area contributed by atoms with Crippen molar-refractivity contribution in [2.24, 2.45) is 0 Å². The van der Waals surface area contributed by atoms with Gasteiger partial charge in [-0.1, -0.05) is 11.8 Å². The Morgan fingerprint density at radius 1 is 1.37 bits per heavy atom. The number of imidazole rings is 1. The lowest BCUT2D eigenvalue weighted by atomic mass is 10.3. The van der Waals surface area contributed by atoms with Crippen LogP contribution in [-0.4, -0.2) is 24.9 Å². The Bertz CT molecular complexity index is 685. The Balaban J connectivity index is 1.53. The van der Waals surface area contributed by atoms with Gasteiger partial charge in [-0.05, 0) is 12.8 Å². The third kappa shape index (κ3) is 2.10. The van der Waals surface area contributed by atoms with Crippen LogP contribution >= 0.6 is 11.8 Å². The van der Waals surface area contributed by atoms with Crippen molar-refractivity contribution in [1.29, 1.82) is 0 Å². The molecule has 1 saturated carbocycles. The number of rotatable bonds is 4. The van der Waals surface area contributed by atoms with Crippen LogP contribution in [0.25, 0.3) is 11.2 Å². The maximum absolute atomic E-state index is 5.46. The van der Waals surface area contributed by atoms with Crippen LogP contribution in [-0.2, 0) is 5.75 Å². The molecule has 0 atom stereocenters. The molecule has 0 saturated heterocycles. The first-order valence-corrected chi connectivity index (χ1v) is 7.09. The van der Waals surface area contributed by atoms with Gasteiger partial charge in [0, 0.05) is 11.7 Å². The molecule has 3 aromatic heterocycles. The lowest BCUT2D eigenvalue weighted by Gasteiger charge is -1.97. The van der Waals surface area contributed by atoms with Crippen LogP contribution in [0, 0.1) is 0 Å². The molecule has 0 aromatic carbocycles. The number of nitrogens with one attached hydrogen (secondary N) is 1. The summed E-state index contributed by atoms with van der Waals surface area (Å²) in [6.45, 7) is 0. The number of nitrogens with zero attached hydrogens (tertiary/aromatic N) is 4. The summed E-state index contributed by atoms with van der Waals surface area (Å²) in [4.78, 5) is 19.9. The Hall–Kier alpha value is -1.89. The Morgan fingerprint density at radius 2 is 2.32 bits per heavy atom. The monoisotopic (exact) mass is 273 g/mol. The first-order chi connectivity index (χ1) is 9.40. The fraction of sp³-hybridized carbons (Fsp3) is 0.333. The molecule has 0 radical (unpaired) electrons. The molecule has 96 valence electrons. The van der Waals surface area contributed by atoms with E-state index >= 15 is 0 Å². The summed E-state index contributed by atoms with van der Waals surface area (Å²) >= 11 is 1.61. The Morgan fingerprint density at radius 3 is 3.16 bits per heavy atom. The van der Waals surface area contributed by atoms with Gasteiger partial charge in [0.2, 0.25) is 0 Å². The minimum atomic E-state index is 0.583. The van der Waals surface area contributed by atoms with Crippen molar-refractivity contribution < 1.29 is 4.42 Å². The Kier molecular flexibility index (Phi) is 2.51. The minimum absolute atomic E-state index is 0.583. The smallest absolute Gasteiger partial charge is 0.181 e. The zero-order valence-corrected chi connectivity index (χ0v) is 10.9. The maximum Gasteiger partial charge on any atom is 0.181 e. The SMILES string of the molecule is c1ncc2[nH]c(SCc3ncoc3C3CC3)nc2n1. The van der Waals surface area contributed by atoms with Crippen molar-refractivity contribution in [3.05, 3.63) is 30.4 Å². The molecule has 0 aliphatic heterocycles. The van der Waals surface area contributed by atoms with Gasteiger partial charge in [0.1, 0.15) is 17.6 Å². The van der Waals surface area contributed by atoms with Gasteiger partial charge in [-0.2, -0.15) is 0 Å². The molecular weight excluding hydrogens is 262 g/mol. The molecule has 0 unspecified atom stereocenters. The third-order valence-corrected chi connectivity index (χ3v) is 3.99. The van der Waals surface area contributed by atoms with Crippen molar-refractivity contribution >= 4 is 22.9 Å². The van der Waals surface area contributed by atoms with Crippen molar-refractivity contribution in [1.82, 2.24) is 24.9 Å². The summed E-state index contributed by atoms with van der Waals surface area (Å²) in [5, 5.41) is 0.834. The number of thioether (sulfide) groups is 1. The molecular formula is C12H11N5OS. The number of H-pyrrole nitrogens is 1. The third-order valence-electron chi connectivity index (χ3n) is 3.11. The summed E-state index contributed by atoms with van der Waals surface area (Å²) in [6.07, 6.45) is 7.19. The standard InChI is InChI=1S/C12H11N5OS/c1-2-7(1)10-9(15-6-18-10)4-19-12-16-8-3-13-5-14-11(8)17-12/h3,5-7H,1-2,4H2,(H,13,14,16,17). The lowest BCUT2D eigenvalue weighted by molar-refractivity contribution is 0.504. The summed E-state index contributed by atoms with van der Waals surface area (Å²) in [6, 6.07) is 0. The lowest BCUT2D eigenvalue weighted by Crippen LogP contribution is -1.87. The first kappa shape index (κ1) is 11.0. The van der Waals surface area contributed by atoms with E-state index in [-0.39, 0.29) is 0 Å². The zero-order valence-electron chi connectivity index (χ0n) is 10.0. The number of hydrogen-bond donors (Lipinski definition) is 1. The van der Waals surface area contributed by atoms with Crippen LogP contribution in [0.2, 0.25) is 0 Å². The van der Waals surface area contributed by atoms with Crippen LogP contribution in [0.3, 0.4) is 0 Å². The Labute approximate surface area is 113 Å². The molecule has 19 heavy (non-hydrogen) atoms. The molecule has 3 heterocycles. The number of aromatic amines is 1. The largest absolute Gasteiger partial charge is 0.448 e. The maximum atomic E-state index is 5.46. The van der Waals surface area contributed by atoms with Gasteiger partial charge in [-0.15, -0.1) is 0 Å².